The van der Waals surface area contributed by atoms with Crippen LogP contribution in [-0.4, -0.2) is 12.1 Å². The van der Waals surface area contributed by atoms with Crippen LogP contribution in [0.3, 0.4) is 0 Å². The van der Waals surface area contributed by atoms with Gasteiger partial charge in [-0.15, -0.1) is 11.3 Å². The molecule has 0 saturated heterocycles. The van der Waals surface area contributed by atoms with Crippen molar-refractivity contribution < 1.29 is 9.47 Å². The molecule has 2 rings (SSSR count). The third-order valence-corrected chi connectivity index (χ3v) is 3.35. The molecule has 96 valence electrons. The lowest BCUT2D eigenvalue weighted by Gasteiger charge is -2.10. The van der Waals surface area contributed by atoms with Crippen molar-refractivity contribution >= 4 is 11.3 Å². The summed E-state index contributed by atoms with van der Waals surface area (Å²) in [5.74, 6) is 1.57. The molecule has 2 aromatic rings. The van der Waals surface area contributed by atoms with Crippen molar-refractivity contribution in [2.75, 3.05) is 7.11 Å². The van der Waals surface area contributed by atoms with Crippen molar-refractivity contribution in [1.29, 1.82) is 0 Å². The zero-order chi connectivity index (χ0) is 13.0. The Kier molecular flexibility index (Phi) is 4.17. The highest BCUT2D eigenvalue weighted by Crippen LogP contribution is 2.24. The average molecular weight is 264 g/mol. The molecular weight excluding hydrogens is 248 g/mol. The van der Waals surface area contributed by atoms with Gasteiger partial charge in [-0.3, -0.25) is 0 Å². The largest absolute Gasteiger partial charge is 0.497 e. The Morgan fingerprint density at radius 1 is 1.39 bits per heavy atom. The van der Waals surface area contributed by atoms with E-state index in [2.05, 4.69) is 4.98 Å². The summed E-state index contributed by atoms with van der Waals surface area (Å²) in [6.07, 6.45) is 0. The van der Waals surface area contributed by atoms with Crippen molar-refractivity contribution in [3.63, 3.8) is 0 Å². The Labute approximate surface area is 110 Å². The van der Waals surface area contributed by atoms with E-state index in [9.17, 15) is 0 Å². The number of nitrogens with two attached hydrogens (primary N) is 1. The van der Waals surface area contributed by atoms with Gasteiger partial charge in [-0.2, -0.15) is 0 Å². The summed E-state index contributed by atoms with van der Waals surface area (Å²) < 4.78 is 10.9. The van der Waals surface area contributed by atoms with Gasteiger partial charge in [0.05, 0.1) is 17.8 Å². The highest BCUT2D eigenvalue weighted by atomic mass is 32.1. The molecule has 0 saturated carbocycles. The molecule has 0 bridgehead atoms. The SMILES string of the molecule is COc1ccc(OCc2csc(C)n2)c(CN)c1. The van der Waals surface area contributed by atoms with Gasteiger partial charge in [-0.05, 0) is 25.1 Å². The lowest BCUT2D eigenvalue weighted by Crippen LogP contribution is -2.03. The molecule has 1 aromatic heterocycles. The fraction of sp³-hybridized carbons (Fsp3) is 0.308. The lowest BCUT2D eigenvalue weighted by molar-refractivity contribution is 0.298. The molecule has 4 nitrogen and oxygen atoms in total. The molecule has 18 heavy (non-hydrogen) atoms. The molecule has 5 heteroatoms. The van der Waals surface area contributed by atoms with Gasteiger partial charge in [-0.1, -0.05) is 0 Å². The second-order valence-corrected chi connectivity index (χ2v) is 4.89. The van der Waals surface area contributed by atoms with Crippen LogP contribution in [0, 0.1) is 6.92 Å². The van der Waals surface area contributed by atoms with E-state index in [1.165, 1.54) is 0 Å². The van der Waals surface area contributed by atoms with Gasteiger partial charge in [-0.25, -0.2) is 4.98 Å². The Balaban J connectivity index is 2.08. The minimum Gasteiger partial charge on any atom is -0.497 e. The first kappa shape index (κ1) is 12.9. The number of nitrogens with zero attached hydrogens (tertiary/aromatic N) is 1. The predicted octanol–water partition coefficient (Wildman–Crippen LogP) is 2.50. The Morgan fingerprint density at radius 3 is 2.83 bits per heavy atom. The zero-order valence-corrected chi connectivity index (χ0v) is 11.3. The minimum atomic E-state index is 0.419. The maximum atomic E-state index is 5.74. The lowest BCUT2D eigenvalue weighted by atomic mass is 10.2. The van der Waals surface area contributed by atoms with E-state index in [1.807, 2.05) is 30.5 Å². The van der Waals surface area contributed by atoms with E-state index < -0.39 is 0 Å². The molecular formula is C13H16N2O2S. The van der Waals surface area contributed by atoms with E-state index in [1.54, 1.807) is 18.4 Å². The molecule has 0 atom stereocenters. The second-order valence-electron chi connectivity index (χ2n) is 3.82. The van der Waals surface area contributed by atoms with Gasteiger partial charge in [0.15, 0.2) is 0 Å². The Morgan fingerprint density at radius 2 is 2.22 bits per heavy atom. The number of aryl methyl sites for hydroxylation is 1. The normalized spacial score (nSPS) is 10.4. The monoisotopic (exact) mass is 264 g/mol. The van der Waals surface area contributed by atoms with Crippen LogP contribution in [0.4, 0.5) is 0 Å². The van der Waals surface area contributed by atoms with Crippen LogP contribution in [0.15, 0.2) is 23.6 Å². The molecule has 1 heterocycles. The number of ether oxygens (including phenoxy) is 2. The number of aromatic nitrogens is 1. The Hall–Kier alpha value is -1.59. The summed E-state index contributed by atoms with van der Waals surface area (Å²) in [4.78, 5) is 4.35. The van der Waals surface area contributed by atoms with E-state index >= 15 is 0 Å². The van der Waals surface area contributed by atoms with Gasteiger partial charge in [0.2, 0.25) is 0 Å². The number of thiazole rings is 1. The van der Waals surface area contributed by atoms with E-state index in [-0.39, 0.29) is 0 Å². The third kappa shape index (κ3) is 3.00. The quantitative estimate of drug-likeness (QED) is 0.901. The van der Waals surface area contributed by atoms with Gasteiger partial charge < -0.3 is 15.2 Å². The van der Waals surface area contributed by atoms with Gasteiger partial charge >= 0.3 is 0 Å². The van der Waals surface area contributed by atoms with Crippen LogP contribution in [0.25, 0.3) is 0 Å². The first-order valence-electron chi connectivity index (χ1n) is 5.63. The molecule has 0 aliphatic carbocycles. The molecule has 0 spiro atoms. The standard InChI is InChI=1S/C13H16N2O2S/c1-9-15-11(8-18-9)7-17-13-4-3-12(16-2)5-10(13)6-14/h3-5,8H,6-7,14H2,1-2H3. The fourth-order valence-electron chi connectivity index (χ4n) is 1.61. The second kappa shape index (κ2) is 5.84. The van der Waals surface area contributed by atoms with Crippen molar-refractivity contribution in [1.82, 2.24) is 4.98 Å². The van der Waals surface area contributed by atoms with Crippen LogP contribution >= 0.6 is 11.3 Å². The number of hydrogen-bond donors (Lipinski definition) is 1. The molecule has 0 amide bonds. The number of benzene rings is 1. The topological polar surface area (TPSA) is 57.4 Å². The Bertz CT molecular complexity index is 525. The molecule has 0 aliphatic rings. The highest BCUT2D eigenvalue weighted by molar-refractivity contribution is 7.09. The van der Waals surface area contributed by atoms with E-state index in [0.29, 0.717) is 13.2 Å². The summed E-state index contributed by atoms with van der Waals surface area (Å²) in [6, 6.07) is 5.63. The zero-order valence-electron chi connectivity index (χ0n) is 10.5. The summed E-state index contributed by atoms with van der Waals surface area (Å²) >= 11 is 1.62. The predicted molar refractivity (Wildman–Crippen MR) is 72.1 cm³/mol. The van der Waals surface area contributed by atoms with Crippen molar-refractivity contribution in [3.8, 4) is 11.5 Å². The summed E-state index contributed by atoms with van der Waals surface area (Å²) in [5.41, 5.74) is 7.57. The summed E-state index contributed by atoms with van der Waals surface area (Å²) in [6.45, 7) is 2.86. The minimum absolute atomic E-state index is 0.419. The fourth-order valence-corrected chi connectivity index (χ4v) is 2.21. The van der Waals surface area contributed by atoms with Crippen LogP contribution in [0.5, 0.6) is 11.5 Å². The molecule has 0 radical (unpaired) electrons. The van der Waals surface area contributed by atoms with Gasteiger partial charge in [0, 0.05) is 17.5 Å². The maximum Gasteiger partial charge on any atom is 0.131 e. The first-order valence-corrected chi connectivity index (χ1v) is 6.51. The average Bonchev–Trinajstić information content (AvgIpc) is 2.82. The molecule has 0 aliphatic heterocycles. The van der Waals surface area contributed by atoms with Gasteiger partial charge in [0.1, 0.15) is 18.1 Å². The highest BCUT2D eigenvalue weighted by Gasteiger charge is 2.06. The number of hydrogen-bond acceptors (Lipinski definition) is 5. The molecule has 0 fully saturated rings. The van der Waals surface area contributed by atoms with Crippen LogP contribution in [0.2, 0.25) is 0 Å². The molecule has 1 aromatic carbocycles. The van der Waals surface area contributed by atoms with Crippen LogP contribution in [0.1, 0.15) is 16.3 Å². The molecule has 2 N–H and O–H groups in total. The molecule has 0 unspecified atom stereocenters. The van der Waals surface area contributed by atoms with Gasteiger partial charge in [0.25, 0.3) is 0 Å². The van der Waals surface area contributed by atoms with Crippen molar-refractivity contribution in [2.24, 2.45) is 5.73 Å². The third-order valence-electron chi connectivity index (χ3n) is 2.53. The summed E-state index contributed by atoms with van der Waals surface area (Å²) in [7, 11) is 1.63. The van der Waals surface area contributed by atoms with E-state index in [0.717, 1.165) is 27.8 Å². The maximum absolute atomic E-state index is 5.74. The first-order chi connectivity index (χ1) is 8.72. The van der Waals surface area contributed by atoms with Crippen LogP contribution < -0.4 is 15.2 Å². The van der Waals surface area contributed by atoms with Crippen molar-refractivity contribution in [2.45, 2.75) is 20.1 Å². The smallest absolute Gasteiger partial charge is 0.131 e. The number of methoxy groups -OCH3 is 1. The summed E-state index contributed by atoms with van der Waals surface area (Å²) in [5, 5.41) is 3.04. The van der Waals surface area contributed by atoms with Crippen LogP contribution in [-0.2, 0) is 13.2 Å². The number of rotatable bonds is 5. The van der Waals surface area contributed by atoms with Crippen molar-refractivity contribution in [3.05, 3.63) is 39.8 Å². The van der Waals surface area contributed by atoms with E-state index in [4.69, 9.17) is 15.2 Å².